The van der Waals surface area contributed by atoms with Crippen molar-refractivity contribution in [2.45, 2.75) is 130 Å². The molecule has 5 amide bonds. The number of carboxylic acid groups (broad SMARTS) is 1. The molecular weight excluding hydrogens is 654 g/mol. The molecule has 1 aromatic carbocycles. The molecule has 1 saturated carbocycles. The zero-order valence-corrected chi connectivity index (χ0v) is 30.9. The van der Waals surface area contributed by atoms with Crippen LogP contribution in [0.5, 0.6) is 0 Å². The number of nitrogens with zero attached hydrogens (tertiary/aromatic N) is 1. The second-order valence-corrected chi connectivity index (χ2v) is 14.7. The molecule has 1 aliphatic heterocycles. The maximum Gasteiger partial charge on any atom is 0.303 e. The van der Waals surface area contributed by atoms with Crippen LogP contribution in [0.15, 0.2) is 30.3 Å². The number of likely N-dealkylation sites (tertiary alicyclic amines) is 1. The standard InChI is InChI=1S/C38H57N5O8/c1-7-14-28(34(47)37(50)39-24(6)25-15-9-8-10-16-25)40-36(49)33-27-18-13-17-26(27)21-43(33)38(51)32(23(4)5)42-35(48)31(22(2)3)41-29(44)19-11-12-20-30(45)46/h8-10,15-16,22-24,26-28,31-33H,7,11-14,17-21H2,1-6H3,(H,39,50)(H,40,49)(H,41,44)(H,42,48)(H,45,46)/t24-,26-,27-,28+,31-,32-,33?/m0/s1. The van der Waals surface area contributed by atoms with E-state index in [1.54, 1.807) is 34.6 Å². The predicted molar refractivity (Wildman–Crippen MR) is 191 cm³/mol. The number of aliphatic carboxylic acids is 1. The average Bonchev–Trinajstić information content (AvgIpc) is 3.69. The number of ketones is 1. The molecule has 0 spiro atoms. The van der Waals surface area contributed by atoms with E-state index in [9.17, 15) is 33.6 Å². The SMILES string of the molecule is CCC[C@@H](NC(=O)C1[C@H]2CCC[C@H]2CN1C(=O)[C@@H](NC(=O)[C@@H](NC(=O)CCCCC(=O)O)C(C)C)C(C)C)C(=O)C(=O)N[C@@H](C)c1ccccc1. The number of hydrogen-bond donors (Lipinski definition) is 5. The van der Waals surface area contributed by atoms with Crippen molar-refractivity contribution in [2.75, 3.05) is 6.54 Å². The number of nitrogens with one attached hydrogen (secondary N) is 4. The van der Waals surface area contributed by atoms with Gasteiger partial charge in [-0.3, -0.25) is 33.6 Å². The Labute approximate surface area is 301 Å². The summed E-state index contributed by atoms with van der Waals surface area (Å²) in [5, 5.41) is 20.0. The van der Waals surface area contributed by atoms with Crippen molar-refractivity contribution in [1.29, 1.82) is 0 Å². The van der Waals surface area contributed by atoms with Crippen molar-refractivity contribution >= 4 is 41.3 Å². The summed E-state index contributed by atoms with van der Waals surface area (Å²) in [4.78, 5) is 93.4. The Kier molecular flexibility index (Phi) is 15.6. The summed E-state index contributed by atoms with van der Waals surface area (Å²) >= 11 is 0. The Morgan fingerprint density at radius 3 is 2.08 bits per heavy atom. The van der Waals surface area contributed by atoms with Gasteiger partial charge >= 0.3 is 5.97 Å². The Hall–Kier alpha value is -4.29. The van der Waals surface area contributed by atoms with Gasteiger partial charge in [-0.15, -0.1) is 0 Å². The molecule has 51 heavy (non-hydrogen) atoms. The van der Waals surface area contributed by atoms with Crippen LogP contribution in [0.2, 0.25) is 0 Å². The highest BCUT2D eigenvalue weighted by Gasteiger charge is 2.51. The predicted octanol–water partition coefficient (Wildman–Crippen LogP) is 3.27. The van der Waals surface area contributed by atoms with Crippen molar-refractivity contribution in [3.8, 4) is 0 Å². The van der Waals surface area contributed by atoms with E-state index in [4.69, 9.17) is 5.11 Å². The minimum atomic E-state index is -1.07. The molecule has 2 aliphatic rings. The first-order valence-electron chi connectivity index (χ1n) is 18.5. The molecule has 2 fully saturated rings. The van der Waals surface area contributed by atoms with Crippen LogP contribution in [-0.2, 0) is 33.6 Å². The third-order valence-corrected chi connectivity index (χ3v) is 10.1. The van der Waals surface area contributed by atoms with Gasteiger partial charge in [0.25, 0.3) is 5.91 Å². The fraction of sp³-hybridized carbons (Fsp3) is 0.658. The van der Waals surface area contributed by atoms with Crippen molar-refractivity contribution in [3.63, 3.8) is 0 Å². The Bertz CT molecular complexity index is 1400. The van der Waals surface area contributed by atoms with Crippen LogP contribution in [0, 0.1) is 23.7 Å². The van der Waals surface area contributed by atoms with E-state index >= 15 is 0 Å². The molecule has 1 heterocycles. The number of carbonyl (C=O) groups is 7. The molecule has 3 rings (SSSR count). The van der Waals surface area contributed by atoms with Crippen LogP contribution in [0.25, 0.3) is 0 Å². The molecule has 0 aromatic heterocycles. The number of hydrogen-bond acceptors (Lipinski definition) is 7. The molecule has 1 aliphatic carbocycles. The van der Waals surface area contributed by atoms with Crippen molar-refractivity contribution < 1.29 is 38.7 Å². The fourth-order valence-electron chi connectivity index (χ4n) is 7.21. The van der Waals surface area contributed by atoms with Gasteiger partial charge < -0.3 is 31.3 Å². The molecule has 282 valence electrons. The molecule has 0 radical (unpaired) electrons. The van der Waals surface area contributed by atoms with Crippen molar-refractivity contribution in [1.82, 2.24) is 26.2 Å². The van der Waals surface area contributed by atoms with Crippen LogP contribution in [0.3, 0.4) is 0 Å². The number of fused-ring (bicyclic) bond motifs is 1. The molecule has 0 bridgehead atoms. The van der Waals surface area contributed by atoms with E-state index in [0.717, 1.165) is 24.8 Å². The van der Waals surface area contributed by atoms with Gasteiger partial charge in [0.15, 0.2) is 0 Å². The number of amides is 5. The number of benzene rings is 1. The minimum absolute atomic E-state index is 0.0459. The maximum atomic E-state index is 14.3. The lowest BCUT2D eigenvalue weighted by atomic mass is 9.92. The topological polar surface area (TPSA) is 191 Å². The lowest BCUT2D eigenvalue weighted by Crippen LogP contribution is -2.60. The Balaban J connectivity index is 1.74. The van der Waals surface area contributed by atoms with Crippen LogP contribution >= 0.6 is 0 Å². The van der Waals surface area contributed by atoms with E-state index in [2.05, 4.69) is 21.3 Å². The van der Waals surface area contributed by atoms with E-state index in [-0.39, 0.29) is 48.8 Å². The highest BCUT2D eigenvalue weighted by molar-refractivity contribution is 6.38. The largest absolute Gasteiger partial charge is 0.481 e. The zero-order valence-electron chi connectivity index (χ0n) is 30.9. The first-order chi connectivity index (χ1) is 24.2. The molecule has 1 unspecified atom stereocenters. The zero-order chi connectivity index (χ0) is 37.8. The number of Topliss-reactive ketones (excluding diaryl/α,β-unsaturated/α-hetero) is 1. The highest BCUT2D eigenvalue weighted by Crippen LogP contribution is 2.42. The van der Waals surface area contributed by atoms with Crippen molar-refractivity contribution in [2.24, 2.45) is 23.7 Å². The fourth-order valence-corrected chi connectivity index (χ4v) is 7.21. The average molecular weight is 712 g/mol. The molecule has 13 nitrogen and oxygen atoms in total. The van der Waals surface area contributed by atoms with E-state index in [1.165, 1.54) is 4.90 Å². The maximum absolute atomic E-state index is 14.3. The Morgan fingerprint density at radius 1 is 0.824 bits per heavy atom. The van der Waals surface area contributed by atoms with Gasteiger partial charge in [0, 0.05) is 19.4 Å². The van der Waals surface area contributed by atoms with Crippen LogP contribution in [-0.4, -0.2) is 82.0 Å². The van der Waals surface area contributed by atoms with Gasteiger partial charge in [0.1, 0.15) is 18.1 Å². The molecular formula is C38H57N5O8. The monoisotopic (exact) mass is 711 g/mol. The lowest BCUT2D eigenvalue weighted by molar-refractivity contribution is -0.145. The van der Waals surface area contributed by atoms with Gasteiger partial charge in [-0.05, 0) is 68.3 Å². The summed E-state index contributed by atoms with van der Waals surface area (Å²) in [6.45, 7) is 11.1. The number of rotatable bonds is 19. The summed E-state index contributed by atoms with van der Waals surface area (Å²) in [6.07, 6.45) is 4.01. The van der Waals surface area contributed by atoms with E-state index < -0.39 is 65.6 Å². The van der Waals surface area contributed by atoms with E-state index in [0.29, 0.717) is 25.8 Å². The summed E-state index contributed by atoms with van der Waals surface area (Å²) in [5.41, 5.74) is 0.837. The summed E-state index contributed by atoms with van der Waals surface area (Å²) < 4.78 is 0. The quantitative estimate of drug-likeness (QED) is 0.107. The second kappa shape index (κ2) is 19.4. The first-order valence-corrected chi connectivity index (χ1v) is 18.5. The van der Waals surface area contributed by atoms with Gasteiger partial charge in [0.05, 0.1) is 12.1 Å². The van der Waals surface area contributed by atoms with Crippen molar-refractivity contribution in [3.05, 3.63) is 35.9 Å². The van der Waals surface area contributed by atoms with Gasteiger partial charge in [0.2, 0.25) is 29.4 Å². The van der Waals surface area contributed by atoms with Crippen LogP contribution in [0.1, 0.15) is 111 Å². The second-order valence-electron chi connectivity index (χ2n) is 14.7. The lowest BCUT2D eigenvalue weighted by Gasteiger charge is -2.34. The van der Waals surface area contributed by atoms with Gasteiger partial charge in [-0.25, -0.2) is 0 Å². The first kappa shape index (κ1) is 41.1. The van der Waals surface area contributed by atoms with Crippen LogP contribution < -0.4 is 21.3 Å². The van der Waals surface area contributed by atoms with Crippen LogP contribution in [0.4, 0.5) is 0 Å². The van der Waals surface area contributed by atoms with Gasteiger partial charge in [-0.1, -0.05) is 77.8 Å². The smallest absolute Gasteiger partial charge is 0.303 e. The number of unbranched alkanes of at least 4 members (excludes halogenated alkanes) is 1. The molecule has 13 heteroatoms. The Morgan fingerprint density at radius 2 is 1.47 bits per heavy atom. The normalized spacial score (nSPS) is 20.5. The summed E-state index contributed by atoms with van der Waals surface area (Å²) in [6, 6.07) is 4.98. The third-order valence-electron chi connectivity index (χ3n) is 10.1. The molecule has 7 atom stereocenters. The summed E-state index contributed by atoms with van der Waals surface area (Å²) in [7, 11) is 0. The molecule has 1 saturated heterocycles. The third kappa shape index (κ3) is 11.4. The highest BCUT2D eigenvalue weighted by atomic mass is 16.4. The molecule has 1 aromatic rings. The van der Waals surface area contributed by atoms with E-state index in [1.807, 2.05) is 37.3 Å². The molecule has 5 N–H and O–H groups in total. The number of carboxylic acids is 1. The minimum Gasteiger partial charge on any atom is -0.481 e. The summed E-state index contributed by atoms with van der Waals surface area (Å²) in [5.74, 6) is -4.98. The van der Waals surface area contributed by atoms with Gasteiger partial charge in [-0.2, -0.15) is 0 Å². The number of carbonyl (C=O) groups excluding carboxylic acids is 6.